The molecule has 2 N–H and O–H groups in total. The Labute approximate surface area is 148 Å². The lowest BCUT2D eigenvalue weighted by atomic mass is 10.00. The monoisotopic (exact) mass is 352 g/mol. The molecule has 0 bridgehead atoms. The van der Waals surface area contributed by atoms with Crippen LogP contribution in [0, 0.1) is 0 Å². The van der Waals surface area contributed by atoms with Crippen molar-refractivity contribution in [2.45, 2.75) is 6.61 Å². The Balaban J connectivity index is 1.85. The van der Waals surface area contributed by atoms with E-state index in [9.17, 15) is 9.59 Å². The summed E-state index contributed by atoms with van der Waals surface area (Å²) in [5.41, 5.74) is 4.19. The third kappa shape index (κ3) is 2.58. The third-order valence-corrected chi connectivity index (χ3v) is 4.37. The molecule has 6 heteroatoms. The molecule has 2 amide bonds. The highest BCUT2D eigenvalue weighted by Crippen LogP contribution is 2.42. The molecule has 0 atom stereocenters. The highest BCUT2D eigenvalue weighted by Gasteiger charge is 2.32. The minimum absolute atomic E-state index is 0.236. The van der Waals surface area contributed by atoms with Crippen LogP contribution in [-0.2, 0) is 20.9 Å². The highest BCUT2D eigenvalue weighted by atomic mass is 35.5. The SMILES string of the molecule is C=CC(=O)Nc1ccc2c(c1)/C(=C1\C(=O)Nc3ccc(Cl)cc31)OC2. The Morgan fingerprint density at radius 1 is 1.24 bits per heavy atom. The van der Waals surface area contributed by atoms with Crippen molar-refractivity contribution in [1.82, 2.24) is 0 Å². The lowest BCUT2D eigenvalue weighted by Gasteiger charge is -2.07. The van der Waals surface area contributed by atoms with Crippen molar-refractivity contribution in [3.63, 3.8) is 0 Å². The fraction of sp³-hybridized carbons (Fsp3) is 0.0526. The fourth-order valence-electron chi connectivity index (χ4n) is 2.98. The number of hydrogen-bond donors (Lipinski definition) is 2. The molecule has 124 valence electrons. The topological polar surface area (TPSA) is 67.4 Å². The van der Waals surface area contributed by atoms with Gasteiger partial charge in [0.25, 0.3) is 5.91 Å². The van der Waals surface area contributed by atoms with Crippen LogP contribution in [0.5, 0.6) is 0 Å². The number of carbonyl (C=O) groups excluding carboxylic acids is 2. The summed E-state index contributed by atoms with van der Waals surface area (Å²) in [6.45, 7) is 3.81. The summed E-state index contributed by atoms with van der Waals surface area (Å²) >= 11 is 6.08. The van der Waals surface area contributed by atoms with Crippen molar-refractivity contribution in [2.75, 3.05) is 10.6 Å². The Kier molecular flexibility index (Phi) is 3.58. The molecular formula is C19H13ClN2O3. The van der Waals surface area contributed by atoms with Gasteiger partial charge in [0.05, 0.1) is 5.57 Å². The zero-order valence-electron chi connectivity index (χ0n) is 13.1. The van der Waals surface area contributed by atoms with Crippen molar-refractivity contribution in [1.29, 1.82) is 0 Å². The molecule has 2 heterocycles. The maximum atomic E-state index is 12.5. The number of benzene rings is 2. The van der Waals surface area contributed by atoms with Crippen LogP contribution in [0.2, 0.25) is 5.02 Å². The molecule has 4 rings (SSSR count). The zero-order chi connectivity index (χ0) is 17.6. The lowest BCUT2D eigenvalue weighted by molar-refractivity contribution is -0.112. The van der Waals surface area contributed by atoms with Crippen molar-refractivity contribution in [2.24, 2.45) is 0 Å². The van der Waals surface area contributed by atoms with Crippen LogP contribution in [-0.4, -0.2) is 11.8 Å². The molecule has 2 aliphatic heterocycles. The molecule has 0 saturated carbocycles. The second kappa shape index (κ2) is 5.79. The van der Waals surface area contributed by atoms with E-state index in [0.29, 0.717) is 39.9 Å². The van der Waals surface area contributed by atoms with Crippen molar-refractivity contribution in [3.05, 3.63) is 70.8 Å². The predicted molar refractivity (Wildman–Crippen MR) is 97.0 cm³/mol. The normalized spacial score (nSPS) is 17.4. The molecule has 0 fully saturated rings. The second-order valence-electron chi connectivity index (χ2n) is 5.70. The minimum Gasteiger partial charge on any atom is -0.487 e. The molecule has 0 unspecified atom stereocenters. The first-order valence-corrected chi connectivity index (χ1v) is 7.99. The number of rotatable bonds is 2. The smallest absolute Gasteiger partial charge is 0.260 e. The maximum absolute atomic E-state index is 12.5. The maximum Gasteiger partial charge on any atom is 0.260 e. The quantitative estimate of drug-likeness (QED) is 0.807. The van der Waals surface area contributed by atoms with E-state index in [1.54, 1.807) is 30.3 Å². The summed E-state index contributed by atoms with van der Waals surface area (Å²) in [6.07, 6.45) is 1.20. The van der Waals surface area contributed by atoms with E-state index in [2.05, 4.69) is 17.2 Å². The summed E-state index contributed by atoms with van der Waals surface area (Å²) in [5.74, 6) is -0.0485. The van der Waals surface area contributed by atoms with E-state index < -0.39 is 0 Å². The minimum atomic E-state index is -0.302. The number of fused-ring (bicyclic) bond motifs is 2. The third-order valence-electron chi connectivity index (χ3n) is 4.13. The standard InChI is InChI=1S/C19H13ClN2O3/c1-2-16(23)21-12-5-3-10-9-25-18(13(10)8-12)17-14-7-11(20)4-6-15(14)22-19(17)24/h2-8H,1,9H2,(H,21,23)(H,22,24)/b18-17+. The van der Waals surface area contributed by atoms with E-state index >= 15 is 0 Å². The number of hydrogen-bond acceptors (Lipinski definition) is 3. The Morgan fingerprint density at radius 3 is 2.88 bits per heavy atom. The number of carbonyl (C=O) groups is 2. The molecular weight excluding hydrogens is 340 g/mol. The van der Waals surface area contributed by atoms with Gasteiger partial charge in [-0.2, -0.15) is 0 Å². The Hall–Kier alpha value is -3.05. The molecule has 5 nitrogen and oxygen atoms in total. The zero-order valence-corrected chi connectivity index (χ0v) is 13.8. The van der Waals surface area contributed by atoms with Gasteiger partial charge in [0.1, 0.15) is 12.4 Å². The van der Waals surface area contributed by atoms with Crippen LogP contribution in [0.1, 0.15) is 16.7 Å². The predicted octanol–water partition coefficient (Wildman–Crippen LogP) is 3.82. The first-order chi connectivity index (χ1) is 12.1. The Bertz CT molecular complexity index is 979. The molecule has 0 saturated heterocycles. The number of ether oxygens (including phenoxy) is 1. The summed E-state index contributed by atoms with van der Waals surface area (Å²) in [7, 11) is 0. The molecule has 0 aliphatic carbocycles. The summed E-state index contributed by atoms with van der Waals surface area (Å²) in [6, 6.07) is 10.7. The van der Waals surface area contributed by atoms with Gasteiger partial charge < -0.3 is 15.4 Å². The van der Waals surface area contributed by atoms with Gasteiger partial charge in [0.15, 0.2) is 0 Å². The largest absolute Gasteiger partial charge is 0.487 e. The molecule has 0 radical (unpaired) electrons. The summed E-state index contributed by atoms with van der Waals surface area (Å²) < 4.78 is 5.80. The Morgan fingerprint density at radius 2 is 2.08 bits per heavy atom. The molecule has 25 heavy (non-hydrogen) atoms. The van der Waals surface area contributed by atoms with E-state index in [0.717, 1.165) is 11.1 Å². The lowest BCUT2D eigenvalue weighted by Crippen LogP contribution is -2.08. The van der Waals surface area contributed by atoms with Crippen LogP contribution in [0.15, 0.2) is 49.1 Å². The first-order valence-electron chi connectivity index (χ1n) is 7.62. The second-order valence-corrected chi connectivity index (χ2v) is 6.14. The van der Waals surface area contributed by atoms with Gasteiger partial charge in [-0.1, -0.05) is 24.2 Å². The van der Waals surface area contributed by atoms with Gasteiger partial charge in [-0.25, -0.2) is 0 Å². The fourth-order valence-corrected chi connectivity index (χ4v) is 3.16. The van der Waals surface area contributed by atoms with Crippen molar-refractivity contribution < 1.29 is 14.3 Å². The van der Waals surface area contributed by atoms with Crippen LogP contribution in [0.25, 0.3) is 11.3 Å². The summed E-state index contributed by atoms with van der Waals surface area (Å²) in [5, 5.41) is 6.08. The number of nitrogens with one attached hydrogen (secondary N) is 2. The number of anilines is 2. The highest BCUT2D eigenvalue weighted by molar-refractivity contribution is 6.38. The number of halogens is 1. The van der Waals surface area contributed by atoms with Gasteiger partial charge in [-0.15, -0.1) is 0 Å². The van der Waals surface area contributed by atoms with E-state index in [1.165, 1.54) is 6.08 Å². The van der Waals surface area contributed by atoms with Gasteiger partial charge in [-0.3, -0.25) is 9.59 Å². The van der Waals surface area contributed by atoms with Gasteiger partial charge >= 0.3 is 0 Å². The molecule has 2 aliphatic rings. The van der Waals surface area contributed by atoms with Crippen LogP contribution >= 0.6 is 11.6 Å². The number of amides is 2. The van der Waals surface area contributed by atoms with Crippen LogP contribution in [0.3, 0.4) is 0 Å². The average molecular weight is 353 g/mol. The molecule has 2 aromatic rings. The first kappa shape index (κ1) is 15.5. The average Bonchev–Trinajstić information content (AvgIpc) is 3.14. The van der Waals surface area contributed by atoms with Gasteiger partial charge in [-0.05, 0) is 36.4 Å². The van der Waals surface area contributed by atoms with Crippen molar-refractivity contribution >= 4 is 46.1 Å². The molecule has 0 aromatic heterocycles. The summed E-state index contributed by atoms with van der Waals surface area (Å²) in [4.78, 5) is 24.0. The van der Waals surface area contributed by atoms with E-state index in [-0.39, 0.29) is 11.8 Å². The van der Waals surface area contributed by atoms with Gasteiger partial charge in [0.2, 0.25) is 5.91 Å². The van der Waals surface area contributed by atoms with Crippen molar-refractivity contribution in [3.8, 4) is 0 Å². The molecule has 2 aromatic carbocycles. The van der Waals surface area contributed by atoms with Gasteiger partial charge in [0, 0.05) is 33.1 Å². The van der Waals surface area contributed by atoms with Crippen LogP contribution < -0.4 is 10.6 Å². The van der Waals surface area contributed by atoms with E-state index in [1.807, 2.05) is 6.07 Å². The molecule has 0 spiro atoms. The van der Waals surface area contributed by atoms with E-state index in [4.69, 9.17) is 16.3 Å². The van der Waals surface area contributed by atoms with Crippen LogP contribution in [0.4, 0.5) is 11.4 Å².